The Morgan fingerprint density at radius 2 is 2.32 bits per heavy atom. The Morgan fingerprint density at radius 3 is 3.05 bits per heavy atom. The van der Waals surface area contributed by atoms with Crippen LogP contribution in [0.15, 0.2) is 4.63 Å². The number of nitrogens with zero attached hydrogens (tertiary/aromatic N) is 3. The number of likely N-dealkylation sites (tertiary alicyclic amines) is 1. The second-order valence-electron chi connectivity index (χ2n) is 5.11. The highest BCUT2D eigenvalue weighted by atomic mass is 16.6. The van der Waals surface area contributed by atoms with Crippen molar-refractivity contribution in [2.45, 2.75) is 38.8 Å². The van der Waals surface area contributed by atoms with E-state index >= 15 is 0 Å². The molecular weight excluding hydrogens is 244 g/mol. The van der Waals surface area contributed by atoms with Gasteiger partial charge < -0.3 is 10.1 Å². The zero-order valence-corrected chi connectivity index (χ0v) is 11.9. The van der Waals surface area contributed by atoms with Gasteiger partial charge in [-0.25, -0.2) is 4.63 Å². The second kappa shape index (κ2) is 7.57. The van der Waals surface area contributed by atoms with Gasteiger partial charge in [0.25, 0.3) is 0 Å². The lowest BCUT2D eigenvalue weighted by Gasteiger charge is -2.35. The molecule has 1 aliphatic heterocycles. The molecule has 1 atom stereocenters. The van der Waals surface area contributed by atoms with Gasteiger partial charge in [-0.15, -0.1) is 0 Å². The molecule has 0 radical (unpaired) electrons. The molecule has 1 saturated heterocycles. The molecule has 2 rings (SSSR count). The summed E-state index contributed by atoms with van der Waals surface area (Å²) in [6.45, 7) is 6.59. The fourth-order valence-electron chi connectivity index (χ4n) is 2.53. The Kier molecular flexibility index (Phi) is 5.75. The van der Waals surface area contributed by atoms with E-state index in [1.54, 1.807) is 7.11 Å². The first-order valence-electron chi connectivity index (χ1n) is 7.03. The number of aromatic nitrogens is 2. The molecule has 1 aliphatic rings. The maximum atomic E-state index is 5.05. The maximum absolute atomic E-state index is 5.05. The predicted molar refractivity (Wildman–Crippen MR) is 71.8 cm³/mol. The molecule has 6 heteroatoms. The van der Waals surface area contributed by atoms with Crippen LogP contribution >= 0.6 is 0 Å². The number of piperidine rings is 1. The minimum absolute atomic E-state index is 0.571. The summed E-state index contributed by atoms with van der Waals surface area (Å²) in [5.74, 6) is 0. The summed E-state index contributed by atoms with van der Waals surface area (Å²) in [6.07, 6.45) is 3.81. The third kappa shape index (κ3) is 4.26. The molecule has 19 heavy (non-hydrogen) atoms. The first kappa shape index (κ1) is 14.4. The normalized spacial score (nSPS) is 20.8. The average Bonchev–Trinajstić information content (AvgIpc) is 2.82. The van der Waals surface area contributed by atoms with Crippen molar-refractivity contribution in [3.63, 3.8) is 0 Å². The monoisotopic (exact) mass is 268 g/mol. The van der Waals surface area contributed by atoms with Crippen LogP contribution in [0.3, 0.4) is 0 Å². The summed E-state index contributed by atoms with van der Waals surface area (Å²) >= 11 is 0. The summed E-state index contributed by atoms with van der Waals surface area (Å²) in [5, 5.41) is 11.3. The fourth-order valence-corrected chi connectivity index (χ4v) is 2.53. The Morgan fingerprint density at radius 1 is 1.42 bits per heavy atom. The van der Waals surface area contributed by atoms with Crippen molar-refractivity contribution in [3.8, 4) is 0 Å². The molecule has 0 aliphatic carbocycles. The van der Waals surface area contributed by atoms with Gasteiger partial charge in [0.2, 0.25) is 0 Å². The van der Waals surface area contributed by atoms with Crippen molar-refractivity contribution in [2.75, 3.05) is 33.4 Å². The topological polar surface area (TPSA) is 63.4 Å². The SMILES string of the molecule is COCCNCC1CCCCN1Cc1nonc1C. The van der Waals surface area contributed by atoms with Crippen LogP contribution in [0.2, 0.25) is 0 Å². The van der Waals surface area contributed by atoms with Crippen LogP contribution in [0.25, 0.3) is 0 Å². The molecule has 0 spiro atoms. The van der Waals surface area contributed by atoms with E-state index in [4.69, 9.17) is 9.37 Å². The molecule has 0 saturated carbocycles. The minimum Gasteiger partial charge on any atom is -0.383 e. The number of aryl methyl sites for hydroxylation is 1. The molecule has 2 heterocycles. The summed E-state index contributed by atoms with van der Waals surface area (Å²) in [7, 11) is 1.73. The summed E-state index contributed by atoms with van der Waals surface area (Å²) < 4.78 is 9.83. The van der Waals surface area contributed by atoms with Crippen LogP contribution in [0.4, 0.5) is 0 Å². The predicted octanol–water partition coefficient (Wildman–Crippen LogP) is 0.969. The van der Waals surface area contributed by atoms with E-state index in [2.05, 4.69) is 20.5 Å². The maximum Gasteiger partial charge on any atom is 0.122 e. The molecule has 1 unspecified atom stereocenters. The molecule has 1 aromatic heterocycles. The van der Waals surface area contributed by atoms with E-state index in [0.29, 0.717) is 6.04 Å². The van der Waals surface area contributed by atoms with Gasteiger partial charge in [-0.05, 0) is 26.3 Å². The third-order valence-corrected chi connectivity index (χ3v) is 3.71. The van der Waals surface area contributed by atoms with Gasteiger partial charge >= 0.3 is 0 Å². The number of rotatable bonds is 7. The lowest BCUT2D eigenvalue weighted by atomic mass is 10.0. The van der Waals surface area contributed by atoms with Crippen molar-refractivity contribution in [1.29, 1.82) is 0 Å². The van der Waals surface area contributed by atoms with E-state index in [-0.39, 0.29) is 0 Å². The van der Waals surface area contributed by atoms with E-state index in [1.165, 1.54) is 19.3 Å². The molecular formula is C13H24N4O2. The van der Waals surface area contributed by atoms with Crippen molar-refractivity contribution in [2.24, 2.45) is 0 Å². The van der Waals surface area contributed by atoms with Gasteiger partial charge in [-0.3, -0.25) is 4.90 Å². The lowest BCUT2D eigenvalue weighted by Crippen LogP contribution is -2.45. The summed E-state index contributed by atoms with van der Waals surface area (Å²) in [5.41, 5.74) is 1.86. The van der Waals surface area contributed by atoms with Crippen molar-refractivity contribution in [3.05, 3.63) is 11.4 Å². The molecule has 1 aromatic rings. The van der Waals surface area contributed by atoms with Gasteiger partial charge in [0.1, 0.15) is 11.4 Å². The molecule has 1 fully saturated rings. The highest BCUT2D eigenvalue weighted by Gasteiger charge is 2.23. The zero-order chi connectivity index (χ0) is 13.5. The third-order valence-electron chi connectivity index (χ3n) is 3.71. The van der Waals surface area contributed by atoms with Crippen LogP contribution in [-0.4, -0.2) is 54.6 Å². The number of nitrogens with one attached hydrogen (secondary N) is 1. The first-order chi connectivity index (χ1) is 9.31. The van der Waals surface area contributed by atoms with Crippen LogP contribution in [0, 0.1) is 6.92 Å². The van der Waals surface area contributed by atoms with Gasteiger partial charge in [0.05, 0.1) is 6.61 Å². The van der Waals surface area contributed by atoms with E-state index in [0.717, 1.165) is 44.2 Å². The Hall–Kier alpha value is -0.980. The van der Waals surface area contributed by atoms with Crippen LogP contribution in [0.5, 0.6) is 0 Å². The molecule has 0 amide bonds. The smallest absolute Gasteiger partial charge is 0.122 e. The van der Waals surface area contributed by atoms with Gasteiger partial charge in [-0.2, -0.15) is 0 Å². The van der Waals surface area contributed by atoms with E-state index in [9.17, 15) is 0 Å². The number of hydrogen-bond acceptors (Lipinski definition) is 6. The number of ether oxygens (including phenoxy) is 1. The molecule has 0 bridgehead atoms. The molecule has 6 nitrogen and oxygen atoms in total. The van der Waals surface area contributed by atoms with Crippen LogP contribution in [0.1, 0.15) is 30.7 Å². The van der Waals surface area contributed by atoms with Gasteiger partial charge in [-0.1, -0.05) is 16.7 Å². The Labute approximate surface area is 114 Å². The van der Waals surface area contributed by atoms with E-state index in [1.807, 2.05) is 6.92 Å². The summed E-state index contributed by atoms with van der Waals surface area (Å²) in [4.78, 5) is 2.48. The van der Waals surface area contributed by atoms with E-state index < -0.39 is 0 Å². The van der Waals surface area contributed by atoms with Crippen molar-refractivity contribution >= 4 is 0 Å². The second-order valence-corrected chi connectivity index (χ2v) is 5.11. The van der Waals surface area contributed by atoms with Crippen LogP contribution < -0.4 is 5.32 Å². The standard InChI is InChI=1S/C13H24N4O2/c1-11-13(16-19-15-11)10-17-7-4-3-5-12(17)9-14-6-8-18-2/h12,14H,3-10H2,1-2H3. The molecule has 1 N–H and O–H groups in total. The van der Waals surface area contributed by atoms with Crippen LogP contribution in [-0.2, 0) is 11.3 Å². The lowest BCUT2D eigenvalue weighted by molar-refractivity contribution is 0.129. The molecule has 108 valence electrons. The number of hydrogen-bond donors (Lipinski definition) is 1. The van der Waals surface area contributed by atoms with Gasteiger partial charge in [0, 0.05) is 32.8 Å². The summed E-state index contributed by atoms with van der Waals surface area (Å²) in [6, 6.07) is 0.571. The molecule has 0 aromatic carbocycles. The first-order valence-corrected chi connectivity index (χ1v) is 7.03. The average molecular weight is 268 g/mol. The number of methoxy groups -OCH3 is 1. The highest BCUT2D eigenvalue weighted by Crippen LogP contribution is 2.19. The quantitative estimate of drug-likeness (QED) is 0.743. The Bertz CT molecular complexity index is 369. The minimum atomic E-state index is 0.571. The van der Waals surface area contributed by atoms with Crippen molar-refractivity contribution in [1.82, 2.24) is 20.5 Å². The largest absolute Gasteiger partial charge is 0.383 e. The highest BCUT2D eigenvalue weighted by molar-refractivity contribution is 5.04. The zero-order valence-electron chi connectivity index (χ0n) is 11.9. The fraction of sp³-hybridized carbons (Fsp3) is 0.846. The van der Waals surface area contributed by atoms with Crippen molar-refractivity contribution < 1.29 is 9.37 Å². The Balaban J connectivity index is 1.83. The van der Waals surface area contributed by atoms with Gasteiger partial charge in [0.15, 0.2) is 0 Å².